The first-order chi connectivity index (χ1) is 8.85. The van der Waals surface area contributed by atoms with Crippen molar-refractivity contribution in [2.24, 2.45) is 16.7 Å². The molecule has 2 heteroatoms. The highest BCUT2D eigenvalue weighted by Crippen LogP contribution is 2.69. The number of fused-ring (bicyclic) bond motifs is 1. The molecule has 0 spiro atoms. The van der Waals surface area contributed by atoms with Crippen molar-refractivity contribution in [3.63, 3.8) is 0 Å². The van der Waals surface area contributed by atoms with E-state index in [2.05, 4.69) is 32.7 Å². The Balaban J connectivity index is 2.00. The van der Waals surface area contributed by atoms with Gasteiger partial charge in [-0.1, -0.05) is 45.9 Å². The number of ketones is 1. The van der Waals surface area contributed by atoms with Crippen LogP contribution in [0.15, 0.2) is 36.5 Å². The van der Waals surface area contributed by atoms with Gasteiger partial charge in [-0.15, -0.1) is 0 Å². The van der Waals surface area contributed by atoms with Crippen LogP contribution in [0.1, 0.15) is 38.1 Å². The normalized spacial score (nSPS) is 20.4. The average Bonchev–Trinajstić information content (AvgIpc) is 2.78. The van der Waals surface area contributed by atoms with Gasteiger partial charge in [-0.25, -0.2) is 0 Å². The Morgan fingerprint density at radius 1 is 1.11 bits per heavy atom. The molecule has 0 amide bonds. The molecule has 98 valence electrons. The van der Waals surface area contributed by atoms with Gasteiger partial charge in [0.15, 0.2) is 5.78 Å². The van der Waals surface area contributed by atoms with E-state index in [0.717, 1.165) is 16.5 Å². The summed E-state index contributed by atoms with van der Waals surface area (Å²) in [5, 5.41) is 1.03. The second-order valence-corrected chi connectivity index (χ2v) is 6.66. The summed E-state index contributed by atoms with van der Waals surface area (Å²) in [6, 6.07) is 9.87. The number of carbonyl (C=O) groups excluding carboxylic acids is 1. The molecule has 0 saturated heterocycles. The van der Waals surface area contributed by atoms with Gasteiger partial charge in [0, 0.05) is 23.1 Å². The van der Waals surface area contributed by atoms with E-state index in [9.17, 15) is 4.79 Å². The van der Waals surface area contributed by atoms with Crippen LogP contribution in [0.2, 0.25) is 0 Å². The van der Waals surface area contributed by atoms with Crippen LogP contribution in [0.4, 0.5) is 0 Å². The van der Waals surface area contributed by atoms with Crippen molar-refractivity contribution >= 4 is 16.7 Å². The molecule has 2 aromatic rings. The van der Waals surface area contributed by atoms with Gasteiger partial charge >= 0.3 is 0 Å². The lowest BCUT2D eigenvalue weighted by atomic mass is 10.0. The van der Waals surface area contributed by atoms with Gasteiger partial charge in [-0.3, -0.25) is 9.78 Å². The Kier molecular flexibility index (Phi) is 2.38. The highest BCUT2D eigenvalue weighted by molar-refractivity contribution is 6.03. The molecule has 1 aromatic heterocycles. The van der Waals surface area contributed by atoms with E-state index in [1.807, 2.05) is 30.3 Å². The van der Waals surface area contributed by atoms with Gasteiger partial charge in [-0.05, 0) is 23.0 Å². The number of benzene rings is 1. The molecule has 0 radical (unpaired) electrons. The Morgan fingerprint density at radius 3 is 2.37 bits per heavy atom. The Labute approximate surface area is 113 Å². The molecule has 1 fully saturated rings. The first kappa shape index (κ1) is 12.3. The summed E-state index contributed by atoms with van der Waals surface area (Å²) in [7, 11) is 0. The van der Waals surface area contributed by atoms with Gasteiger partial charge in [0.2, 0.25) is 0 Å². The summed E-state index contributed by atoms with van der Waals surface area (Å²) in [6.07, 6.45) is 1.72. The molecular weight excluding hydrogens is 234 g/mol. The molecule has 2 nitrogen and oxygen atoms in total. The van der Waals surface area contributed by atoms with Crippen molar-refractivity contribution in [2.45, 2.75) is 27.7 Å². The molecule has 1 saturated carbocycles. The molecule has 19 heavy (non-hydrogen) atoms. The fourth-order valence-corrected chi connectivity index (χ4v) is 3.22. The van der Waals surface area contributed by atoms with Gasteiger partial charge in [0.25, 0.3) is 0 Å². The molecule has 3 rings (SSSR count). The highest BCUT2D eigenvalue weighted by Gasteiger charge is 2.67. The zero-order chi connectivity index (χ0) is 13.8. The Bertz CT molecular complexity index is 656. The monoisotopic (exact) mass is 253 g/mol. The molecule has 0 atom stereocenters. The second-order valence-electron chi connectivity index (χ2n) is 6.66. The van der Waals surface area contributed by atoms with E-state index in [0.29, 0.717) is 0 Å². The molecule has 0 bridgehead atoms. The zero-order valence-electron chi connectivity index (χ0n) is 11.9. The Morgan fingerprint density at radius 2 is 1.74 bits per heavy atom. The van der Waals surface area contributed by atoms with E-state index < -0.39 is 0 Å². The predicted molar refractivity (Wildman–Crippen MR) is 77.1 cm³/mol. The number of hydrogen-bond acceptors (Lipinski definition) is 2. The average molecular weight is 253 g/mol. The summed E-state index contributed by atoms with van der Waals surface area (Å²) < 4.78 is 0. The summed E-state index contributed by atoms with van der Waals surface area (Å²) in [5.74, 6) is 0.330. The molecular formula is C17H19NO. The second kappa shape index (κ2) is 3.66. The van der Waals surface area contributed by atoms with E-state index in [1.54, 1.807) is 6.20 Å². The topological polar surface area (TPSA) is 30.0 Å². The maximum absolute atomic E-state index is 12.6. The SMILES string of the molecule is CC1(C)C(C(=O)c2cnc3ccccc3c2)C1(C)C. The third-order valence-corrected chi connectivity index (χ3v) is 5.16. The summed E-state index contributed by atoms with van der Waals surface area (Å²) in [5.41, 5.74) is 1.83. The number of Topliss-reactive ketones (excluding diaryl/α,β-unsaturated/α-hetero) is 1. The molecule has 1 aromatic carbocycles. The van der Waals surface area contributed by atoms with Crippen molar-refractivity contribution in [1.29, 1.82) is 0 Å². The standard InChI is InChI=1S/C17H19NO/c1-16(2)15(17(16,3)4)14(19)12-9-11-7-5-6-8-13(11)18-10-12/h5-10,15H,1-4H3. The van der Waals surface area contributed by atoms with Crippen molar-refractivity contribution in [1.82, 2.24) is 4.98 Å². The lowest BCUT2D eigenvalue weighted by Gasteiger charge is -2.04. The maximum atomic E-state index is 12.6. The van der Waals surface area contributed by atoms with Crippen LogP contribution in [0.25, 0.3) is 10.9 Å². The Hall–Kier alpha value is -1.70. The largest absolute Gasteiger partial charge is 0.294 e. The molecule has 1 heterocycles. The minimum Gasteiger partial charge on any atom is -0.294 e. The zero-order valence-corrected chi connectivity index (χ0v) is 11.9. The third-order valence-electron chi connectivity index (χ3n) is 5.16. The number of para-hydroxylation sites is 1. The quantitative estimate of drug-likeness (QED) is 0.754. The van der Waals surface area contributed by atoms with Crippen LogP contribution >= 0.6 is 0 Å². The summed E-state index contributed by atoms with van der Waals surface area (Å²) in [4.78, 5) is 17.0. The highest BCUT2D eigenvalue weighted by atomic mass is 16.1. The van der Waals surface area contributed by atoms with Crippen molar-refractivity contribution in [3.8, 4) is 0 Å². The smallest absolute Gasteiger partial charge is 0.168 e. The predicted octanol–water partition coefficient (Wildman–Crippen LogP) is 4.10. The van der Waals surface area contributed by atoms with E-state index >= 15 is 0 Å². The van der Waals surface area contributed by atoms with Crippen LogP contribution in [0.5, 0.6) is 0 Å². The number of nitrogens with zero attached hydrogens (tertiary/aromatic N) is 1. The number of hydrogen-bond donors (Lipinski definition) is 0. The van der Waals surface area contributed by atoms with Crippen molar-refractivity contribution in [2.75, 3.05) is 0 Å². The number of carbonyl (C=O) groups is 1. The lowest BCUT2D eigenvalue weighted by Crippen LogP contribution is -2.08. The molecule has 0 unspecified atom stereocenters. The molecule has 0 N–H and O–H groups in total. The summed E-state index contributed by atoms with van der Waals surface area (Å²) >= 11 is 0. The van der Waals surface area contributed by atoms with Crippen LogP contribution in [-0.2, 0) is 0 Å². The van der Waals surface area contributed by atoms with E-state index in [1.165, 1.54) is 0 Å². The third kappa shape index (κ3) is 1.62. The van der Waals surface area contributed by atoms with E-state index in [-0.39, 0.29) is 22.5 Å². The molecule has 1 aliphatic carbocycles. The number of pyridine rings is 1. The van der Waals surface area contributed by atoms with Crippen LogP contribution in [0.3, 0.4) is 0 Å². The number of rotatable bonds is 2. The van der Waals surface area contributed by atoms with Gasteiger partial charge < -0.3 is 0 Å². The van der Waals surface area contributed by atoms with Gasteiger partial charge in [0.1, 0.15) is 0 Å². The number of aromatic nitrogens is 1. The fourth-order valence-electron chi connectivity index (χ4n) is 3.22. The first-order valence-electron chi connectivity index (χ1n) is 6.75. The summed E-state index contributed by atoms with van der Waals surface area (Å²) in [6.45, 7) is 8.68. The fraction of sp³-hybridized carbons (Fsp3) is 0.412. The lowest BCUT2D eigenvalue weighted by molar-refractivity contribution is 0.0945. The molecule has 1 aliphatic rings. The first-order valence-corrected chi connectivity index (χ1v) is 6.75. The van der Waals surface area contributed by atoms with Gasteiger partial charge in [0.05, 0.1) is 5.52 Å². The van der Waals surface area contributed by atoms with Crippen LogP contribution in [0, 0.1) is 16.7 Å². The van der Waals surface area contributed by atoms with Crippen LogP contribution in [-0.4, -0.2) is 10.8 Å². The van der Waals surface area contributed by atoms with Crippen molar-refractivity contribution < 1.29 is 4.79 Å². The minimum atomic E-state index is 0.0791. The minimum absolute atomic E-state index is 0.0791. The van der Waals surface area contributed by atoms with Gasteiger partial charge in [-0.2, -0.15) is 0 Å². The maximum Gasteiger partial charge on any atom is 0.168 e. The van der Waals surface area contributed by atoms with Crippen molar-refractivity contribution in [3.05, 3.63) is 42.1 Å². The molecule has 0 aliphatic heterocycles. The van der Waals surface area contributed by atoms with Crippen LogP contribution < -0.4 is 0 Å². The van der Waals surface area contributed by atoms with E-state index in [4.69, 9.17) is 0 Å².